The summed E-state index contributed by atoms with van der Waals surface area (Å²) in [7, 11) is 0. The first kappa shape index (κ1) is 25.8. The molecular formula is C26H45IN+. The van der Waals surface area contributed by atoms with E-state index in [2.05, 4.69) is 66.7 Å². The molecule has 0 amide bonds. The van der Waals surface area contributed by atoms with E-state index in [9.17, 15) is 0 Å². The number of terminal acetylenes is 1. The molecule has 0 N–H and O–H groups in total. The monoisotopic (exact) mass is 498 g/mol. The van der Waals surface area contributed by atoms with Gasteiger partial charge in [-0.15, -0.1) is 6.42 Å². The lowest BCUT2D eigenvalue weighted by Crippen LogP contribution is -2.55. The van der Waals surface area contributed by atoms with E-state index in [1.807, 2.05) is 0 Å². The zero-order chi connectivity index (χ0) is 20.6. The molecule has 0 saturated heterocycles. The zero-order valence-electron chi connectivity index (χ0n) is 18.7. The van der Waals surface area contributed by atoms with Crippen molar-refractivity contribution < 1.29 is 4.48 Å². The summed E-state index contributed by atoms with van der Waals surface area (Å²) in [5.74, 6) is 3.06. The van der Waals surface area contributed by atoms with E-state index in [1.165, 1.54) is 96.7 Å². The van der Waals surface area contributed by atoms with Gasteiger partial charge in [-0.3, -0.25) is 0 Å². The third-order valence-electron chi connectivity index (χ3n) is 6.10. The second-order valence-electron chi connectivity index (χ2n) is 8.87. The molecule has 2 heteroatoms. The Morgan fingerprint density at radius 2 is 1.39 bits per heavy atom. The molecule has 1 nitrogen and oxygen atoms in total. The van der Waals surface area contributed by atoms with Crippen LogP contribution in [0, 0.1) is 12.3 Å². The summed E-state index contributed by atoms with van der Waals surface area (Å²) in [6.07, 6.45) is 32.6. The van der Waals surface area contributed by atoms with Crippen LogP contribution in [0.5, 0.6) is 0 Å². The van der Waals surface area contributed by atoms with Crippen molar-refractivity contribution in [3.63, 3.8) is 0 Å². The van der Waals surface area contributed by atoms with E-state index in [4.69, 9.17) is 6.42 Å². The number of quaternary nitrogens is 1. The Hall–Kier alpha value is -0.270. The van der Waals surface area contributed by atoms with Crippen LogP contribution in [0.2, 0.25) is 0 Å². The Bertz CT molecular complexity index is 471. The molecule has 0 saturated carbocycles. The van der Waals surface area contributed by atoms with Crippen LogP contribution in [-0.2, 0) is 0 Å². The SMILES string of the molecule is C#CC[N+](CCCCCCCC)(CCCCCCCC)CC1(I)C=CC=CC1. The number of hydrogen-bond donors (Lipinski definition) is 0. The van der Waals surface area contributed by atoms with Gasteiger partial charge in [0.05, 0.1) is 23.1 Å². The van der Waals surface area contributed by atoms with E-state index in [1.54, 1.807) is 0 Å². The van der Waals surface area contributed by atoms with Crippen molar-refractivity contribution in [1.82, 2.24) is 0 Å². The van der Waals surface area contributed by atoms with Crippen molar-refractivity contribution in [2.24, 2.45) is 0 Å². The van der Waals surface area contributed by atoms with Crippen LogP contribution in [0.3, 0.4) is 0 Å². The quantitative estimate of drug-likeness (QED) is 0.0630. The Kier molecular flexibility index (Phi) is 14.3. The second kappa shape index (κ2) is 15.6. The fourth-order valence-electron chi connectivity index (χ4n) is 4.45. The normalized spacial score (nSPS) is 19.1. The second-order valence-corrected chi connectivity index (χ2v) is 11.0. The first-order valence-electron chi connectivity index (χ1n) is 11.9. The van der Waals surface area contributed by atoms with Crippen molar-refractivity contribution in [2.75, 3.05) is 26.2 Å². The summed E-state index contributed by atoms with van der Waals surface area (Å²) in [4.78, 5) is 0. The molecule has 1 aliphatic rings. The van der Waals surface area contributed by atoms with Crippen LogP contribution in [0.15, 0.2) is 24.3 Å². The molecular weight excluding hydrogens is 453 g/mol. The minimum atomic E-state index is 0.230. The van der Waals surface area contributed by atoms with E-state index < -0.39 is 0 Å². The van der Waals surface area contributed by atoms with Gasteiger partial charge in [-0.25, -0.2) is 0 Å². The topological polar surface area (TPSA) is 0 Å². The molecule has 1 unspecified atom stereocenters. The van der Waals surface area contributed by atoms with Gasteiger partial charge in [0.2, 0.25) is 0 Å². The van der Waals surface area contributed by atoms with E-state index in [0.29, 0.717) is 0 Å². The zero-order valence-corrected chi connectivity index (χ0v) is 20.9. The number of halogens is 1. The lowest BCUT2D eigenvalue weighted by molar-refractivity contribution is -0.922. The standard InChI is InChI=1S/C26H45IN/c1-4-7-9-11-13-18-23-28(22-6-3,24-19-14-12-10-8-5-2)25-26(27)20-16-15-17-21-26/h3,15-17,20H,4-5,7-14,18-19,21-25H2,1-2H3/q+1. The first-order chi connectivity index (χ1) is 13.6. The predicted molar refractivity (Wildman–Crippen MR) is 135 cm³/mol. The third-order valence-corrected chi connectivity index (χ3v) is 7.24. The van der Waals surface area contributed by atoms with Gasteiger partial charge in [0.15, 0.2) is 0 Å². The smallest absolute Gasteiger partial charge is 0.140 e. The number of unbranched alkanes of at least 4 members (excludes halogenated alkanes) is 10. The van der Waals surface area contributed by atoms with Crippen LogP contribution in [-0.4, -0.2) is 34.1 Å². The van der Waals surface area contributed by atoms with Gasteiger partial charge in [0, 0.05) is 0 Å². The molecule has 1 rings (SSSR count). The molecule has 0 aromatic rings. The largest absolute Gasteiger partial charge is 0.312 e. The van der Waals surface area contributed by atoms with Gasteiger partial charge in [-0.2, -0.15) is 0 Å². The van der Waals surface area contributed by atoms with Crippen molar-refractivity contribution in [3.05, 3.63) is 24.3 Å². The van der Waals surface area contributed by atoms with Crippen molar-refractivity contribution in [1.29, 1.82) is 0 Å². The number of rotatable bonds is 17. The number of hydrogen-bond acceptors (Lipinski definition) is 0. The highest BCUT2D eigenvalue weighted by Crippen LogP contribution is 2.33. The van der Waals surface area contributed by atoms with Gasteiger partial charge in [0.1, 0.15) is 6.54 Å². The predicted octanol–water partition coefficient (Wildman–Crippen LogP) is 7.85. The van der Waals surface area contributed by atoms with Crippen LogP contribution in [0.1, 0.15) is 97.3 Å². The summed E-state index contributed by atoms with van der Waals surface area (Å²) in [6.45, 7) is 9.18. The Morgan fingerprint density at radius 1 is 0.857 bits per heavy atom. The molecule has 1 aliphatic carbocycles. The first-order valence-corrected chi connectivity index (χ1v) is 13.0. The fraction of sp³-hybridized carbons (Fsp3) is 0.769. The molecule has 0 radical (unpaired) electrons. The molecule has 28 heavy (non-hydrogen) atoms. The Morgan fingerprint density at radius 3 is 1.86 bits per heavy atom. The molecule has 0 fully saturated rings. The highest BCUT2D eigenvalue weighted by Gasteiger charge is 2.36. The molecule has 0 aliphatic heterocycles. The lowest BCUT2D eigenvalue weighted by atomic mass is 9.97. The maximum Gasteiger partial charge on any atom is 0.140 e. The van der Waals surface area contributed by atoms with Gasteiger partial charge in [0.25, 0.3) is 0 Å². The van der Waals surface area contributed by atoms with Crippen molar-refractivity contribution >= 4 is 22.6 Å². The summed E-state index contributed by atoms with van der Waals surface area (Å²) in [5, 5.41) is 0. The minimum absolute atomic E-state index is 0.230. The fourth-order valence-corrected chi connectivity index (χ4v) is 5.63. The minimum Gasteiger partial charge on any atom is -0.312 e. The van der Waals surface area contributed by atoms with Crippen LogP contribution in [0.25, 0.3) is 0 Å². The summed E-state index contributed by atoms with van der Waals surface area (Å²) >= 11 is 2.69. The van der Waals surface area contributed by atoms with Crippen LogP contribution >= 0.6 is 22.6 Å². The lowest BCUT2D eigenvalue weighted by Gasteiger charge is -2.42. The van der Waals surface area contributed by atoms with E-state index >= 15 is 0 Å². The average molecular weight is 499 g/mol. The summed E-state index contributed by atoms with van der Waals surface area (Å²) in [6, 6.07) is 0. The molecule has 0 bridgehead atoms. The average Bonchev–Trinajstić information content (AvgIpc) is 2.68. The molecule has 0 aromatic heterocycles. The number of alkyl halides is 1. The van der Waals surface area contributed by atoms with Gasteiger partial charge >= 0.3 is 0 Å². The van der Waals surface area contributed by atoms with E-state index in [-0.39, 0.29) is 3.42 Å². The van der Waals surface area contributed by atoms with Gasteiger partial charge in [-0.1, -0.05) is 112 Å². The Labute approximate surface area is 190 Å². The Balaban J connectivity index is 2.66. The number of nitrogens with zero attached hydrogens (tertiary/aromatic N) is 1. The highest BCUT2D eigenvalue weighted by atomic mass is 127. The summed E-state index contributed by atoms with van der Waals surface area (Å²) in [5.41, 5.74) is 0. The molecule has 1 atom stereocenters. The molecule has 160 valence electrons. The van der Waals surface area contributed by atoms with E-state index in [0.717, 1.165) is 17.4 Å². The number of allylic oxidation sites excluding steroid dienone is 3. The maximum absolute atomic E-state index is 5.90. The van der Waals surface area contributed by atoms with Gasteiger partial charge in [-0.05, 0) is 38.0 Å². The molecule has 0 heterocycles. The third kappa shape index (κ3) is 11.1. The van der Waals surface area contributed by atoms with Crippen molar-refractivity contribution in [2.45, 2.75) is 101 Å². The van der Waals surface area contributed by atoms with Gasteiger partial charge < -0.3 is 4.48 Å². The highest BCUT2D eigenvalue weighted by molar-refractivity contribution is 14.1. The van der Waals surface area contributed by atoms with Crippen molar-refractivity contribution in [3.8, 4) is 12.3 Å². The summed E-state index contributed by atoms with van der Waals surface area (Å²) < 4.78 is 1.35. The maximum atomic E-state index is 5.90. The molecule has 0 aromatic carbocycles. The van der Waals surface area contributed by atoms with Crippen LogP contribution < -0.4 is 0 Å². The van der Waals surface area contributed by atoms with Crippen LogP contribution in [0.4, 0.5) is 0 Å². The molecule has 0 spiro atoms.